The zero-order valence-corrected chi connectivity index (χ0v) is 16.7. The minimum atomic E-state index is -2.66. The first-order valence-corrected chi connectivity index (χ1v) is 10.4. The number of hydrogen-bond acceptors (Lipinski definition) is 10. The number of aliphatic hydroxyl groups excluding tert-OH is 2. The van der Waals surface area contributed by atoms with Crippen LogP contribution in [0.4, 0.5) is 0 Å². The van der Waals surface area contributed by atoms with Crippen molar-refractivity contribution in [2.45, 2.75) is 55.8 Å². The minimum absolute atomic E-state index is 0.179. The first kappa shape index (κ1) is 22.7. The molecular formula is C14H25N3O8P2. The molecule has 1 aliphatic carbocycles. The highest BCUT2D eigenvalue weighted by molar-refractivity contribution is 7.61. The lowest BCUT2D eigenvalue weighted by atomic mass is 9.77. The quantitative estimate of drug-likeness (QED) is 0.128. The average Bonchev–Trinajstić information content (AvgIpc) is 3.10. The average molecular weight is 425 g/mol. The summed E-state index contributed by atoms with van der Waals surface area (Å²) in [6.45, 7) is 0.906. The molecule has 5 atom stereocenters. The molecule has 0 amide bonds. The van der Waals surface area contributed by atoms with Crippen LogP contribution in [0, 0.1) is 0 Å². The number of nitrogens with zero attached hydrogens (tertiary/aromatic N) is 2. The number of aromatic nitrogens is 2. The molecule has 1 fully saturated rings. The minimum Gasteiger partial charge on any atom is -0.388 e. The van der Waals surface area contributed by atoms with Crippen LogP contribution in [-0.4, -0.2) is 65.2 Å². The monoisotopic (exact) mass is 425 g/mol. The van der Waals surface area contributed by atoms with Gasteiger partial charge >= 0.3 is 0 Å². The van der Waals surface area contributed by atoms with Crippen LogP contribution in [0.5, 0.6) is 0 Å². The Morgan fingerprint density at radius 1 is 1.52 bits per heavy atom. The molecule has 154 valence electrons. The number of hydrogen-bond donors (Lipinski definition) is 5. The third-order valence-corrected chi connectivity index (χ3v) is 6.84. The standard InChI is InChI=1S/C14H25N3O8P2/c1-10(18)12(20)23-26-14(21,8-17-6-5-16-9-17)27(22)25-24-13(3-2-4-13)11(19)7-15/h5-6,9-10,12,18,20-22,26H,2-4,7-8,15H2,1H3/t10-,12?,14?,27+/m0/s1. The van der Waals surface area contributed by atoms with Gasteiger partial charge in [-0.25, -0.2) is 9.87 Å². The second kappa shape index (κ2) is 9.76. The second-order valence-electron chi connectivity index (χ2n) is 6.31. The Labute approximate surface area is 159 Å². The number of ketones is 1. The summed E-state index contributed by atoms with van der Waals surface area (Å²) < 4.78 is 11.6. The third-order valence-electron chi connectivity index (χ3n) is 4.16. The van der Waals surface area contributed by atoms with E-state index in [0.717, 1.165) is 6.42 Å². The predicted octanol–water partition coefficient (Wildman–Crippen LogP) is -0.459. The van der Waals surface area contributed by atoms with Crippen LogP contribution in [0.3, 0.4) is 0 Å². The first-order chi connectivity index (χ1) is 12.7. The fraction of sp³-hybridized carbons (Fsp3) is 0.714. The summed E-state index contributed by atoms with van der Waals surface area (Å²) in [5.74, 6) is -0.349. The zero-order chi connectivity index (χ0) is 20.1. The van der Waals surface area contributed by atoms with E-state index in [1.54, 1.807) is 6.20 Å². The van der Waals surface area contributed by atoms with Crippen molar-refractivity contribution >= 4 is 23.0 Å². The smallest absolute Gasteiger partial charge is 0.248 e. The van der Waals surface area contributed by atoms with Gasteiger partial charge in [-0.2, -0.15) is 4.67 Å². The zero-order valence-electron chi connectivity index (χ0n) is 14.8. The SMILES string of the molecule is C[C@H](O)C(O)OPC(O)(Cn1ccnc1)[P@](O)OOC1(C(=O)CN)CCC1. The Morgan fingerprint density at radius 3 is 2.70 bits per heavy atom. The lowest BCUT2D eigenvalue weighted by Crippen LogP contribution is -2.50. The first-order valence-electron chi connectivity index (χ1n) is 8.28. The molecule has 0 spiro atoms. The van der Waals surface area contributed by atoms with E-state index < -0.39 is 40.3 Å². The molecule has 3 unspecified atom stereocenters. The van der Waals surface area contributed by atoms with Gasteiger partial charge in [-0.1, -0.05) is 0 Å². The lowest BCUT2D eigenvalue weighted by molar-refractivity contribution is -0.302. The van der Waals surface area contributed by atoms with Crippen LogP contribution in [0.1, 0.15) is 26.2 Å². The summed E-state index contributed by atoms with van der Waals surface area (Å²) in [4.78, 5) is 31.4. The van der Waals surface area contributed by atoms with E-state index in [0.29, 0.717) is 12.8 Å². The maximum Gasteiger partial charge on any atom is 0.248 e. The van der Waals surface area contributed by atoms with Crippen molar-refractivity contribution < 1.29 is 39.1 Å². The van der Waals surface area contributed by atoms with Gasteiger partial charge < -0.3 is 35.0 Å². The van der Waals surface area contributed by atoms with Gasteiger partial charge in [0, 0.05) is 12.4 Å². The van der Waals surface area contributed by atoms with Crippen molar-refractivity contribution in [3.05, 3.63) is 18.7 Å². The Hall–Kier alpha value is -0.580. The molecule has 1 saturated carbocycles. The fourth-order valence-electron chi connectivity index (χ4n) is 2.28. The van der Waals surface area contributed by atoms with Crippen molar-refractivity contribution in [2.75, 3.05) is 6.54 Å². The van der Waals surface area contributed by atoms with Gasteiger partial charge in [0.2, 0.25) is 8.38 Å². The number of imidazole rings is 1. The molecule has 27 heavy (non-hydrogen) atoms. The number of carbonyl (C=O) groups excluding carboxylic acids is 1. The Bertz CT molecular complexity index is 601. The summed E-state index contributed by atoms with van der Waals surface area (Å²) in [7, 11) is -3.52. The van der Waals surface area contributed by atoms with Gasteiger partial charge in [0.1, 0.15) is 6.10 Å². The van der Waals surface area contributed by atoms with Crippen LogP contribution in [0.2, 0.25) is 0 Å². The van der Waals surface area contributed by atoms with Crippen molar-refractivity contribution in [3.8, 4) is 0 Å². The van der Waals surface area contributed by atoms with Gasteiger partial charge in [-0.15, -0.1) is 0 Å². The molecule has 1 aromatic rings. The lowest BCUT2D eigenvalue weighted by Gasteiger charge is -2.39. The number of carbonyl (C=O) groups is 1. The van der Waals surface area contributed by atoms with E-state index in [4.69, 9.17) is 19.8 Å². The summed E-state index contributed by atoms with van der Waals surface area (Å²) >= 11 is 0. The van der Waals surface area contributed by atoms with Gasteiger partial charge in [0.25, 0.3) is 0 Å². The van der Waals surface area contributed by atoms with Crippen molar-refractivity contribution in [2.24, 2.45) is 5.73 Å². The number of Topliss-reactive ketones (excluding diaryl/α,β-unsaturated/α-hetero) is 1. The molecule has 0 aliphatic heterocycles. The van der Waals surface area contributed by atoms with E-state index >= 15 is 0 Å². The largest absolute Gasteiger partial charge is 0.388 e. The second-order valence-corrected chi connectivity index (χ2v) is 9.43. The highest BCUT2D eigenvalue weighted by atomic mass is 31.2. The Balaban J connectivity index is 2.05. The normalized spacial score (nSPS) is 22.1. The summed E-state index contributed by atoms with van der Waals surface area (Å²) in [5, 5.41) is 27.8. The maximum atomic E-state index is 12.0. The molecule has 11 nitrogen and oxygen atoms in total. The molecule has 0 bridgehead atoms. The highest BCUT2D eigenvalue weighted by Gasteiger charge is 2.49. The Kier molecular flexibility index (Phi) is 8.20. The molecule has 0 aromatic carbocycles. The molecule has 0 radical (unpaired) electrons. The molecular weight excluding hydrogens is 400 g/mol. The van der Waals surface area contributed by atoms with Gasteiger partial charge in [-0.3, -0.25) is 4.79 Å². The maximum absolute atomic E-state index is 12.0. The molecule has 0 saturated heterocycles. The van der Waals surface area contributed by atoms with Crippen LogP contribution in [-0.2, 0) is 25.4 Å². The summed E-state index contributed by atoms with van der Waals surface area (Å²) in [5.41, 5.74) is 4.18. The fourth-order valence-corrected chi connectivity index (χ4v) is 4.24. The van der Waals surface area contributed by atoms with Crippen LogP contribution < -0.4 is 5.73 Å². The van der Waals surface area contributed by atoms with E-state index in [1.807, 2.05) is 0 Å². The number of nitrogens with two attached hydrogens (primary N) is 1. The third kappa shape index (κ3) is 5.71. The number of rotatable bonds is 12. The molecule has 1 aromatic heterocycles. The van der Waals surface area contributed by atoms with Gasteiger partial charge in [0.15, 0.2) is 22.8 Å². The molecule has 2 rings (SSSR count). The van der Waals surface area contributed by atoms with Gasteiger partial charge in [-0.05, 0) is 26.2 Å². The molecule has 13 heteroatoms. The Morgan fingerprint density at radius 2 is 2.22 bits per heavy atom. The van der Waals surface area contributed by atoms with Crippen LogP contribution in [0.15, 0.2) is 18.7 Å². The number of aliphatic hydroxyl groups is 3. The van der Waals surface area contributed by atoms with Gasteiger partial charge in [0.05, 0.1) is 28.2 Å². The van der Waals surface area contributed by atoms with Crippen molar-refractivity contribution in [1.29, 1.82) is 0 Å². The molecule has 6 N–H and O–H groups in total. The van der Waals surface area contributed by atoms with Crippen LogP contribution in [0.25, 0.3) is 0 Å². The highest BCUT2D eigenvalue weighted by Crippen LogP contribution is 2.58. The summed E-state index contributed by atoms with van der Waals surface area (Å²) in [6.07, 6.45) is 3.26. The van der Waals surface area contributed by atoms with E-state index in [-0.39, 0.29) is 18.9 Å². The summed E-state index contributed by atoms with van der Waals surface area (Å²) in [6, 6.07) is 0. The molecule has 1 aliphatic rings. The van der Waals surface area contributed by atoms with E-state index in [2.05, 4.69) is 4.98 Å². The van der Waals surface area contributed by atoms with Crippen molar-refractivity contribution in [3.63, 3.8) is 0 Å². The molecule has 1 heterocycles. The van der Waals surface area contributed by atoms with E-state index in [9.17, 15) is 25.0 Å². The topological polar surface area (TPSA) is 170 Å². The van der Waals surface area contributed by atoms with Crippen molar-refractivity contribution in [1.82, 2.24) is 9.55 Å². The van der Waals surface area contributed by atoms with Crippen LogP contribution >= 0.6 is 17.2 Å². The van der Waals surface area contributed by atoms with E-state index in [1.165, 1.54) is 24.0 Å². The predicted molar refractivity (Wildman–Crippen MR) is 96.2 cm³/mol.